The van der Waals surface area contributed by atoms with E-state index in [0.717, 1.165) is 18.7 Å². The summed E-state index contributed by atoms with van der Waals surface area (Å²) < 4.78 is 1.60. The molecule has 2 aromatic heterocycles. The van der Waals surface area contributed by atoms with Gasteiger partial charge in [0.25, 0.3) is 0 Å². The zero-order chi connectivity index (χ0) is 9.80. The summed E-state index contributed by atoms with van der Waals surface area (Å²) >= 11 is 1.61. The lowest BCUT2D eigenvalue weighted by atomic mass is 10.3. The van der Waals surface area contributed by atoms with Gasteiger partial charge < -0.3 is 5.32 Å². The lowest BCUT2D eigenvalue weighted by molar-refractivity contribution is 0.712. The molecule has 0 atom stereocenters. The summed E-state index contributed by atoms with van der Waals surface area (Å²) in [7, 11) is 1.80. The summed E-state index contributed by atoms with van der Waals surface area (Å²) in [6.07, 6.45) is 0.885. The first kappa shape index (κ1) is 9.07. The highest BCUT2D eigenvalue weighted by atomic mass is 32.1. The second kappa shape index (κ2) is 4.14. The Balaban J connectivity index is 1.81. The van der Waals surface area contributed by atoms with E-state index in [0.29, 0.717) is 5.95 Å². The summed E-state index contributed by atoms with van der Waals surface area (Å²) in [6.45, 7) is 0.790. The maximum atomic E-state index is 4.18. The second-order valence-corrected chi connectivity index (χ2v) is 3.50. The smallest absolute Gasteiger partial charge is 0.242 e. The molecule has 0 radical (unpaired) electrons. The molecule has 6 nitrogen and oxygen atoms in total. The van der Waals surface area contributed by atoms with Gasteiger partial charge in [0.1, 0.15) is 0 Å². The van der Waals surface area contributed by atoms with Gasteiger partial charge in [-0.25, -0.2) is 9.67 Å². The van der Waals surface area contributed by atoms with Crippen molar-refractivity contribution < 1.29 is 0 Å². The normalized spacial score (nSPS) is 10.4. The number of rotatable bonds is 4. The third kappa shape index (κ3) is 2.05. The molecule has 1 N–H and O–H groups in total. The minimum absolute atomic E-state index is 0.681. The van der Waals surface area contributed by atoms with Gasteiger partial charge in [-0.3, -0.25) is 0 Å². The van der Waals surface area contributed by atoms with Gasteiger partial charge in [-0.1, -0.05) is 5.10 Å². The first-order valence-electron chi connectivity index (χ1n) is 4.19. The van der Waals surface area contributed by atoms with Crippen LogP contribution in [0.3, 0.4) is 0 Å². The van der Waals surface area contributed by atoms with Crippen molar-refractivity contribution in [2.45, 2.75) is 6.42 Å². The van der Waals surface area contributed by atoms with Crippen LogP contribution >= 0.6 is 11.3 Å². The van der Waals surface area contributed by atoms with Crippen LogP contribution in [0.2, 0.25) is 0 Å². The van der Waals surface area contributed by atoms with E-state index >= 15 is 0 Å². The van der Waals surface area contributed by atoms with E-state index in [9.17, 15) is 0 Å². The Morgan fingerprint density at radius 3 is 3.14 bits per heavy atom. The number of anilines is 1. The number of aromatic nitrogens is 5. The van der Waals surface area contributed by atoms with Gasteiger partial charge in [0.05, 0.1) is 11.2 Å². The van der Waals surface area contributed by atoms with Gasteiger partial charge in [0.15, 0.2) is 0 Å². The second-order valence-electron chi connectivity index (χ2n) is 2.78. The molecule has 0 aliphatic carbocycles. The molecule has 0 saturated carbocycles. The van der Waals surface area contributed by atoms with Gasteiger partial charge in [-0.15, -0.1) is 11.3 Å². The Kier molecular flexibility index (Phi) is 2.68. The quantitative estimate of drug-likeness (QED) is 0.787. The highest BCUT2D eigenvalue weighted by molar-refractivity contribution is 7.07. The van der Waals surface area contributed by atoms with E-state index in [2.05, 4.69) is 25.8 Å². The predicted octanol–water partition coefficient (Wildman–Crippen LogP) is 0.321. The fourth-order valence-corrected chi connectivity index (χ4v) is 1.64. The van der Waals surface area contributed by atoms with Crippen LogP contribution in [0, 0.1) is 0 Å². The van der Waals surface area contributed by atoms with Gasteiger partial charge >= 0.3 is 0 Å². The Morgan fingerprint density at radius 1 is 1.57 bits per heavy atom. The van der Waals surface area contributed by atoms with E-state index in [1.807, 2.05) is 10.9 Å². The molecule has 0 unspecified atom stereocenters. The number of hydrogen-bond donors (Lipinski definition) is 1. The average Bonchev–Trinajstić information content (AvgIpc) is 2.78. The van der Waals surface area contributed by atoms with E-state index < -0.39 is 0 Å². The van der Waals surface area contributed by atoms with Crippen molar-refractivity contribution >= 4 is 17.3 Å². The zero-order valence-corrected chi connectivity index (χ0v) is 8.53. The van der Waals surface area contributed by atoms with Crippen molar-refractivity contribution in [3.8, 4) is 0 Å². The Hall–Kier alpha value is -1.50. The van der Waals surface area contributed by atoms with Crippen molar-refractivity contribution in [3.05, 3.63) is 16.6 Å². The maximum absolute atomic E-state index is 4.18. The molecule has 0 saturated heterocycles. The molecule has 7 heteroatoms. The molecular formula is C7H10N6S. The highest BCUT2D eigenvalue weighted by Crippen LogP contribution is 2.02. The van der Waals surface area contributed by atoms with Crippen LogP contribution in [0.15, 0.2) is 10.9 Å². The van der Waals surface area contributed by atoms with Crippen LogP contribution in [0.1, 0.15) is 5.69 Å². The van der Waals surface area contributed by atoms with Crippen molar-refractivity contribution in [1.82, 2.24) is 25.2 Å². The van der Waals surface area contributed by atoms with E-state index in [4.69, 9.17) is 0 Å². The van der Waals surface area contributed by atoms with E-state index in [1.165, 1.54) is 0 Å². The highest BCUT2D eigenvalue weighted by Gasteiger charge is 2.00. The van der Waals surface area contributed by atoms with Crippen molar-refractivity contribution in [2.24, 2.45) is 7.05 Å². The van der Waals surface area contributed by atoms with Crippen molar-refractivity contribution in [3.63, 3.8) is 0 Å². The lowest BCUT2D eigenvalue weighted by Gasteiger charge is -2.01. The monoisotopic (exact) mass is 210 g/mol. The Bertz CT molecular complexity index is 381. The molecule has 0 amide bonds. The number of aryl methyl sites for hydroxylation is 1. The van der Waals surface area contributed by atoms with E-state index in [1.54, 1.807) is 23.1 Å². The molecule has 0 aromatic carbocycles. The molecule has 2 rings (SSSR count). The molecule has 0 aliphatic heterocycles. The number of nitrogens with one attached hydrogen (secondary N) is 1. The van der Waals surface area contributed by atoms with Crippen LogP contribution in [0.5, 0.6) is 0 Å². The predicted molar refractivity (Wildman–Crippen MR) is 53.1 cm³/mol. The Labute approximate surface area is 85.0 Å². The fourth-order valence-electron chi connectivity index (χ4n) is 1.04. The molecule has 0 spiro atoms. The number of nitrogens with zero attached hydrogens (tertiary/aromatic N) is 5. The first-order valence-corrected chi connectivity index (χ1v) is 5.14. The molecule has 2 aromatic rings. The summed E-state index contributed by atoms with van der Waals surface area (Å²) in [4.78, 5) is 4.18. The van der Waals surface area contributed by atoms with Gasteiger partial charge in [0.2, 0.25) is 5.95 Å². The summed E-state index contributed by atoms with van der Waals surface area (Å²) in [5, 5.41) is 16.2. The minimum Gasteiger partial charge on any atom is -0.353 e. The number of tetrazole rings is 1. The molecule has 0 aliphatic rings. The number of hydrogen-bond acceptors (Lipinski definition) is 6. The molecule has 0 fully saturated rings. The topological polar surface area (TPSA) is 68.5 Å². The third-order valence-corrected chi connectivity index (χ3v) is 2.40. The summed E-state index contributed by atoms with van der Waals surface area (Å²) in [6, 6.07) is 0. The van der Waals surface area contributed by atoms with Crippen LogP contribution in [-0.2, 0) is 13.5 Å². The average molecular weight is 210 g/mol. The molecule has 0 bridgehead atoms. The third-order valence-electron chi connectivity index (χ3n) is 1.77. The standard InChI is InChI=1S/C7H10N6S/c1-13-7(10-11-12-13)8-3-2-6-4-14-5-9-6/h4-5H,2-3H2,1H3,(H,8,10,12). The number of thiazole rings is 1. The van der Waals surface area contributed by atoms with Crippen LogP contribution in [-0.4, -0.2) is 31.7 Å². The van der Waals surface area contributed by atoms with Crippen molar-refractivity contribution in [2.75, 3.05) is 11.9 Å². The first-order chi connectivity index (χ1) is 6.86. The minimum atomic E-state index is 0.681. The fraction of sp³-hybridized carbons (Fsp3) is 0.429. The molecule has 2 heterocycles. The van der Waals surface area contributed by atoms with Gasteiger partial charge in [-0.05, 0) is 10.4 Å². The zero-order valence-electron chi connectivity index (χ0n) is 7.71. The lowest BCUT2D eigenvalue weighted by Crippen LogP contribution is -2.09. The maximum Gasteiger partial charge on any atom is 0.242 e. The molecule has 14 heavy (non-hydrogen) atoms. The molecule has 74 valence electrons. The van der Waals surface area contributed by atoms with E-state index in [-0.39, 0.29) is 0 Å². The van der Waals surface area contributed by atoms with Gasteiger partial charge in [0, 0.05) is 25.4 Å². The van der Waals surface area contributed by atoms with Crippen LogP contribution in [0.25, 0.3) is 0 Å². The van der Waals surface area contributed by atoms with Gasteiger partial charge in [-0.2, -0.15) is 0 Å². The Morgan fingerprint density at radius 2 is 2.50 bits per heavy atom. The SMILES string of the molecule is Cn1nnnc1NCCc1cscn1. The van der Waals surface area contributed by atoms with Crippen LogP contribution in [0.4, 0.5) is 5.95 Å². The van der Waals surface area contributed by atoms with Crippen LogP contribution < -0.4 is 5.32 Å². The summed E-state index contributed by atoms with van der Waals surface area (Å²) in [5.41, 5.74) is 2.93. The summed E-state index contributed by atoms with van der Waals surface area (Å²) in [5.74, 6) is 0.681. The largest absolute Gasteiger partial charge is 0.353 e. The molecular weight excluding hydrogens is 200 g/mol. The van der Waals surface area contributed by atoms with Crippen molar-refractivity contribution in [1.29, 1.82) is 0 Å².